The fraction of sp³-hybridized carbons (Fsp3) is 0.500. The van der Waals surface area contributed by atoms with Crippen LogP contribution < -0.4 is 0 Å². The lowest BCUT2D eigenvalue weighted by atomic mass is 9.98. The predicted molar refractivity (Wildman–Crippen MR) is 74.4 cm³/mol. The van der Waals surface area contributed by atoms with E-state index in [-0.39, 0.29) is 32.5 Å². The van der Waals surface area contributed by atoms with E-state index in [0.717, 1.165) is 4.31 Å². The van der Waals surface area contributed by atoms with Gasteiger partial charge in [0.2, 0.25) is 10.0 Å². The molecular formula is C14H16F3NO4S. The number of halogens is 3. The number of rotatable bonds is 4. The molecule has 1 heterocycles. The van der Waals surface area contributed by atoms with Crippen LogP contribution in [0.5, 0.6) is 0 Å². The van der Waals surface area contributed by atoms with Gasteiger partial charge in [-0.3, -0.25) is 4.79 Å². The maximum Gasteiger partial charge on any atom is 0.309 e. The molecule has 1 fully saturated rings. The van der Waals surface area contributed by atoms with Crippen LogP contribution in [0.3, 0.4) is 0 Å². The fourth-order valence-corrected chi connectivity index (χ4v) is 3.96. The SMILES string of the molecule is CCOC(=O)C1CCN(S(=O)(=O)c2ccc(F)c(F)c2F)CC1. The largest absolute Gasteiger partial charge is 0.466 e. The highest BCUT2D eigenvalue weighted by atomic mass is 32.2. The lowest BCUT2D eigenvalue weighted by Crippen LogP contribution is -2.41. The maximum absolute atomic E-state index is 13.7. The highest BCUT2D eigenvalue weighted by Crippen LogP contribution is 2.27. The Morgan fingerprint density at radius 2 is 1.83 bits per heavy atom. The summed E-state index contributed by atoms with van der Waals surface area (Å²) in [4.78, 5) is 10.7. The van der Waals surface area contributed by atoms with Crippen molar-refractivity contribution in [3.05, 3.63) is 29.6 Å². The quantitative estimate of drug-likeness (QED) is 0.615. The molecule has 0 unspecified atom stereocenters. The first kappa shape index (κ1) is 17.7. The van der Waals surface area contributed by atoms with Gasteiger partial charge < -0.3 is 4.74 Å². The molecule has 5 nitrogen and oxygen atoms in total. The molecule has 2 rings (SSSR count). The van der Waals surface area contributed by atoms with Crippen molar-refractivity contribution in [1.82, 2.24) is 4.31 Å². The summed E-state index contributed by atoms with van der Waals surface area (Å²) >= 11 is 0. The number of nitrogens with zero attached hydrogens (tertiary/aromatic N) is 1. The first-order valence-corrected chi connectivity index (χ1v) is 8.53. The molecule has 1 aliphatic heterocycles. The number of sulfonamides is 1. The Balaban J connectivity index is 2.17. The van der Waals surface area contributed by atoms with Crippen molar-refractivity contribution in [2.45, 2.75) is 24.7 Å². The third-order valence-corrected chi connectivity index (χ3v) is 5.61. The zero-order valence-corrected chi connectivity index (χ0v) is 13.2. The number of carbonyl (C=O) groups is 1. The van der Waals surface area contributed by atoms with Gasteiger partial charge in [-0.1, -0.05) is 0 Å². The third kappa shape index (κ3) is 3.50. The van der Waals surface area contributed by atoms with E-state index >= 15 is 0 Å². The molecule has 0 bridgehead atoms. The Kier molecular flexibility index (Phi) is 5.30. The first-order chi connectivity index (χ1) is 10.8. The number of ether oxygens (including phenoxy) is 1. The van der Waals surface area contributed by atoms with Crippen molar-refractivity contribution in [2.24, 2.45) is 5.92 Å². The molecule has 0 aromatic heterocycles. The van der Waals surface area contributed by atoms with E-state index in [0.29, 0.717) is 12.1 Å². The molecule has 1 aromatic rings. The number of piperidine rings is 1. The molecule has 0 spiro atoms. The van der Waals surface area contributed by atoms with Crippen LogP contribution in [0.15, 0.2) is 17.0 Å². The van der Waals surface area contributed by atoms with Crippen molar-refractivity contribution in [3.63, 3.8) is 0 Å². The Hall–Kier alpha value is -1.61. The van der Waals surface area contributed by atoms with Gasteiger partial charge in [0.25, 0.3) is 0 Å². The summed E-state index contributed by atoms with van der Waals surface area (Å²) in [5, 5.41) is 0. The Morgan fingerprint density at radius 1 is 1.22 bits per heavy atom. The van der Waals surface area contributed by atoms with Crippen LogP contribution in [-0.2, 0) is 19.6 Å². The van der Waals surface area contributed by atoms with Gasteiger partial charge in [-0.25, -0.2) is 21.6 Å². The maximum atomic E-state index is 13.7. The predicted octanol–water partition coefficient (Wildman–Crippen LogP) is 2.07. The molecular weight excluding hydrogens is 335 g/mol. The van der Waals surface area contributed by atoms with Crippen LogP contribution in [0.1, 0.15) is 19.8 Å². The summed E-state index contributed by atoms with van der Waals surface area (Å²) in [6.07, 6.45) is 0.451. The minimum absolute atomic E-state index is 0.0236. The standard InChI is InChI=1S/C14H16F3NO4S/c1-2-22-14(19)9-5-7-18(8-6-9)23(20,21)11-4-3-10(15)12(16)13(11)17/h3-4,9H,2,5-8H2,1H3. The van der Waals surface area contributed by atoms with Crippen LogP contribution in [0.25, 0.3) is 0 Å². The zero-order chi connectivity index (χ0) is 17.2. The number of carbonyl (C=O) groups excluding carboxylic acids is 1. The second-order valence-electron chi connectivity index (χ2n) is 5.10. The molecule has 1 aliphatic rings. The molecule has 0 aliphatic carbocycles. The molecule has 0 amide bonds. The molecule has 0 atom stereocenters. The molecule has 128 valence electrons. The van der Waals surface area contributed by atoms with E-state index < -0.39 is 44.3 Å². The summed E-state index contributed by atoms with van der Waals surface area (Å²) in [5.41, 5.74) is 0. The summed E-state index contributed by atoms with van der Waals surface area (Å²) < 4.78 is 70.4. The van der Waals surface area contributed by atoms with Crippen LogP contribution in [0.2, 0.25) is 0 Å². The van der Waals surface area contributed by atoms with E-state index in [1.807, 2.05) is 0 Å². The van der Waals surface area contributed by atoms with Crippen molar-refractivity contribution in [3.8, 4) is 0 Å². The Labute approximate surface area is 132 Å². The van der Waals surface area contributed by atoms with E-state index in [2.05, 4.69) is 0 Å². The minimum Gasteiger partial charge on any atom is -0.466 e. The number of benzene rings is 1. The van der Waals surface area contributed by atoms with Crippen LogP contribution in [0, 0.1) is 23.4 Å². The summed E-state index contributed by atoms with van der Waals surface area (Å²) in [6, 6.07) is 1.26. The lowest BCUT2D eigenvalue weighted by Gasteiger charge is -2.30. The topological polar surface area (TPSA) is 63.7 Å². The van der Waals surface area contributed by atoms with Gasteiger partial charge in [-0.15, -0.1) is 0 Å². The molecule has 23 heavy (non-hydrogen) atoms. The molecule has 1 aromatic carbocycles. The highest BCUT2D eigenvalue weighted by Gasteiger charge is 2.35. The van der Waals surface area contributed by atoms with E-state index in [4.69, 9.17) is 4.74 Å². The molecule has 9 heteroatoms. The summed E-state index contributed by atoms with van der Waals surface area (Å²) in [5.74, 6) is -5.84. The van der Waals surface area contributed by atoms with Crippen molar-refractivity contribution in [1.29, 1.82) is 0 Å². The van der Waals surface area contributed by atoms with Gasteiger partial charge in [-0.2, -0.15) is 4.31 Å². The van der Waals surface area contributed by atoms with Gasteiger partial charge in [0.1, 0.15) is 4.90 Å². The van der Waals surface area contributed by atoms with Gasteiger partial charge in [0, 0.05) is 13.1 Å². The average Bonchev–Trinajstić information content (AvgIpc) is 2.53. The van der Waals surface area contributed by atoms with Gasteiger partial charge in [0.05, 0.1) is 12.5 Å². The molecule has 1 saturated heterocycles. The first-order valence-electron chi connectivity index (χ1n) is 7.09. The zero-order valence-electron chi connectivity index (χ0n) is 12.4. The highest BCUT2D eigenvalue weighted by molar-refractivity contribution is 7.89. The van der Waals surface area contributed by atoms with Gasteiger partial charge in [-0.05, 0) is 31.9 Å². The Morgan fingerprint density at radius 3 is 2.39 bits per heavy atom. The molecule has 0 radical (unpaired) electrons. The molecule has 0 saturated carbocycles. The van der Waals surface area contributed by atoms with E-state index in [1.165, 1.54) is 0 Å². The van der Waals surface area contributed by atoms with Crippen LogP contribution in [0.4, 0.5) is 13.2 Å². The second kappa shape index (κ2) is 6.88. The number of esters is 1. The Bertz CT molecular complexity index is 700. The minimum atomic E-state index is -4.29. The smallest absolute Gasteiger partial charge is 0.309 e. The monoisotopic (exact) mass is 351 g/mol. The van der Waals surface area contributed by atoms with Crippen molar-refractivity contribution < 1.29 is 31.1 Å². The van der Waals surface area contributed by atoms with Crippen molar-refractivity contribution in [2.75, 3.05) is 19.7 Å². The second-order valence-corrected chi connectivity index (χ2v) is 7.01. The molecule has 0 N–H and O–H groups in total. The third-order valence-electron chi connectivity index (χ3n) is 3.69. The fourth-order valence-electron chi connectivity index (χ4n) is 2.44. The van der Waals surface area contributed by atoms with Gasteiger partial charge in [0.15, 0.2) is 17.5 Å². The normalized spacial score (nSPS) is 17.2. The van der Waals surface area contributed by atoms with Crippen molar-refractivity contribution >= 4 is 16.0 Å². The van der Waals surface area contributed by atoms with Crippen LogP contribution >= 0.6 is 0 Å². The number of hydrogen-bond donors (Lipinski definition) is 0. The van der Waals surface area contributed by atoms with Gasteiger partial charge >= 0.3 is 5.97 Å². The summed E-state index contributed by atoms with van der Waals surface area (Å²) in [7, 11) is -4.29. The summed E-state index contributed by atoms with van der Waals surface area (Å²) in [6.45, 7) is 1.86. The number of hydrogen-bond acceptors (Lipinski definition) is 4. The van der Waals surface area contributed by atoms with E-state index in [1.54, 1.807) is 6.92 Å². The van der Waals surface area contributed by atoms with Crippen LogP contribution in [-0.4, -0.2) is 38.4 Å². The average molecular weight is 351 g/mol. The lowest BCUT2D eigenvalue weighted by molar-refractivity contribution is -0.149. The van der Waals surface area contributed by atoms with E-state index in [9.17, 15) is 26.4 Å².